The van der Waals surface area contributed by atoms with Crippen LogP contribution in [0.3, 0.4) is 0 Å². The number of hydrogen-bond acceptors (Lipinski definition) is 6. The van der Waals surface area contributed by atoms with E-state index < -0.39 is 0 Å². The summed E-state index contributed by atoms with van der Waals surface area (Å²) in [6, 6.07) is 7.67. The summed E-state index contributed by atoms with van der Waals surface area (Å²) in [7, 11) is 0. The lowest BCUT2D eigenvalue weighted by molar-refractivity contribution is 0.274. The van der Waals surface area contributed by atoms with Gasteiger partial charge in [-0.25, -0.2) is 0 Å². The number of nitrogen functional groups attached to an aromatic ring is 1. The molecular formula is C24H31BrN4O2S. The lowest BCUT2D eigenvalue weighted by atomic mass is 10.1. The molecule has 0 saturated heterocycles. The highest BCUT2D eigenvalue weighted by atomic mass is 79.9. The number of para-hydroxylation sites is 1. The Morgan fingerprint density at radius 2 is 1.47 bits per heavy atom. The van der Waals surface area contributed by atoms with E-state index in [1.54, 1.807) is 0 Å². The van der Waals surface area contributed by atoms with Gasteiger partial charge in [0.25, 0.3) is 0 Å². The lowest BCUT2D eigenvalue weighted by Crippen LogP contribution is -2.20. The summed E-state index contributed by atoms with van der Waals surface area (Å²) >= 11 is 5.22. The standard InChI is InChI=1S/C24H31BrN4O2S/c1-13(2)9-11-30-20-17-18(24(28)29-23(17)27)21(31-12-10-14(3)4)22(19(20)25)32-16-8-6-5-7-15(16)26/h5-8,13-14H,9-12,26H2,1-4H3,(H3,27,28,29). The minimum absolute atomic E-state index is 0.147. The van der Waals surface area contributed by atoms with Crippen molar-refractivity contribution in [3.63, 3.8) is 0 Å². The first kappa shape index (κ1) is 24.5. The highest BCUT2D eigenvalue weighted by Crippen LogP contribution is 2.51. The van der Waals surface area contributed by atoms with Crippen LogP contribution in [0.25, 0.3) is 0 Å². The predicted molar refractivity (Wildman–Crippen MR) is 136 cm³/mol. The Hall–Kier alpha value is -2.19. The minimum Gasteiger partial charge on any atom is -0.492 e. The van der Waals surface area contributed by atoms with Crippen LogP contribution in [0.4, 0.5) is 5.69 Å². The molecule has 0 bridgehead atoms. The van der Waals surface area contributed by atoms with E-state index in [9.17, 15) is 0 Å². The Kier molecular flexibility index (Phi) is 8.11. The fraction of sp³-hybridized carbons (Fsp3) is 0.417. The molecule has 0 unspecified atom stereocenters. The second-order valence-corrected chi connectivity index (χ2v) is 10.5. The topological polar surface area (TPSA) is 104 Å². The zero-order valence-electron chi connectivity index (χ0n) is 19.0. The Labute approximate surface area is 202 Å². The molecule has 0 atom stereocenters. The Bertz CT molecular complexity index is 1020. The molecule has 0 aromatic heterocycles. The molecule has 172 valence electrons. The van der Waals surface area contributed by atoms with Crippen molar-refractivity contribution in [2.75, 3.05) is 18.9 Å². The second kappa shape index (κ2) is 10.6. The van der Waals surface area contributed by atoms with Crippen molar-refractivity contribution in [3.8, 4) is 11.5 Å². The summed E-state index contributed by atoms with van der Waals surface area (Å²) in [5.41, 5.74) is 8.03. The van der Waals surface area contributed by atoms with E-state index in [2.05, 4.69) is 48.9 Å². The van der Waals surface area contributed by atoms with Crippen LogP contribution >= 0.6 is 27.7 Å². The van der Waals surface area contributed by atoms with Gasteiger partial charge in [-0.05, 0) is 52.7 Å². The van der Waals surface area contributed by atoms with Crippen molar-refractivity contribution in [1.82, 2.24) is 5.32 Å². The van der Waals surface area contributed by atoms with E-state index in [-0.39, 0.29) is 11.7 Å². The molecule has 0 fully saturated rings. The molecule has 5 N–H and O–H groups in total. The molecule has 1 aliphatic heterocycles. The highest BCUT2D eigenvalue weighted by Gasteiger charge is 2.35. The average Bonchev–Trinajstić information content (AvgIpc) is 3.01. The quantitative estimate of drug-likeness (QED) is 0.276. The summed E-state index contributed by atoms with van der Waals surface area (Å²) in [6.45, 7) is 9.63. The zero-order valence-corrected chi connectivity index (χ0v) is 21.4. The van der Waals surface area contributed by atoms with Gasteiger partial charge in [0, 0.05) is 10.6 Å². The van der Waals surface area contributed by atoms with Crippen molar-refractivity contribution in [2.45, 2.75) is 50.3 Å². The molecule has 0 saturated carbocycles. The third-order valence-corrected chi connectivity index (χ3v) is 7.28. The molecule has 6 nitrogen and oxygen atoms in total. The molecule has 0 spiro atoms. The number of rotatable bonds is 10. The fourth-order valence-corrected chi connectivity index (χ4v) is 4.95. The van der Waals surface area contributed by atoms with Gasteiger partial charge in [-0.2, -0.15) is 0 Å². The van der Waals surface area contributed by atoms with Gasteiger partial charge in [0.1, 0.15) is 23.2 Å². The third-order valence-electron chi connectivity index (χ3n) is 5.07. The van der Waals surface area contributed by atoms with Gasteiger partial charge in [0.15, 0.2) is 0 Å². The van der Waals surface area contributed by atoms with Crippen LogP contribution in [0.5, 0.6) is 11.5 Å². The Morgan fingerprint density at radius 3 is 2.03 bits per heavy atom. The minimum atomic E-state index is 0.147. The zero-order chi connectivity index (χ0) is 23.4. The van der Waals surface area contributed by atoms with E-state index in [1.807, 2.05) is 24.3 Å². The lowest BCUT2D eigenvalue weighted by Gasteiger charge is -2.21. The number of hydrogen-bond donors (Lipinski definition) is 4. The first-order valence-electron chi connectivity index (χ1n) is 10.8. The number of amidine groups is 2. The largest absolute Gasteiger partial charge is 0.492 e. The maximum Gasteiger partial charge on any atom is 0.146 e. The van der Waals surface area contributed by atoms with Crippen molar-refractivity contribution >= 4 is 45.1 Å². The first-order valence-corrected chi connectivity index (χ1v) is 12.4. The molecule has 1 heterocycles. The SMILES string of the molecule is CC(C)CCOc1c(Br)c(Sc2ccccc2N)c(OCCC(C)C)c2c1C(=N)NC2=N. The van der Waals surface area contributed by atoms with Crippen molar-refractivity contribution in [3.05, 3.63) is 39.9 Å². The van der Waals surface area contributed by atoms with E-state index in [4.69, 9.17) is 26.0 Å². The van der Waals surface area contributed by atoms with Gasteiger partial charge >= 0.3 is 0 Å². The molecule has 32 heavy (non-hydrogen) atoms. The number of benzene rings is 2. The first-order chi connectivity index (χ1) is 15.2. The molecule has 2 aromatic carbocycles. The molecule has 3 rings (SSSR count). The monoisotopic (exact) mass is 518 g/mol. The molecule has 0 radical (unpaired) electrons. The van der Waals surface area contributed by atoms with E-state index in [1.165, 1.54) is 11.8 Å². The maximum atomic E-state index is 8.52. The summed E-state index contributed by atoms with van der Waals surface area (Å²) in [4.78, 5) is 1.69. The van der Waals surface area contributed by atoms with Crippen LogP contribution in [0.1, 0.15) is 51.7 Å². The molecular weight excluding hydrogens is 488 g/mol. The van der Waals surface area contributed by atoms with E-state index in [0.717, 1.165) is 22.6 Å². The number of nitrogens with one attached hydrogen (secondary N) is 3. The highest BCUT2D eigenvalue weighted by molar-refractivity contribution is 9.10. The molecule has 8 heteroatoms. The van der Waals surface area contributed by atoms with Crippen LogP contribution < -0.4 is 20.5 Å². The fourth-order valence-electron chi connectivity index (χ4n) is 3.22. The van der Waals surface area contributed by atoms with Crippen LogP contribution in [0.2, 0.25) is 0 Å². The number of fused-ring (bicyclic) bond motifs is 1. The van der Waals surface area contributed by atoms with E-state index >= 15 is 0 Å². The summed E-state index contributed by atoms with van der Waals surface area (Å²) in [5.74, 6) is 2.42. The molecule has 0 amide bonds. The van der Waals surface area contributed by atoms with Crippen LogP contribution in [0.15, 0.2) is 38.5 Å². The maximum absolute atomic E-state index is 8.52. The smallest absolute Gasteiger partial charge is 0.146 e. The van der Waals surface area contributed by atoms with Gasteiger partial charge in [0.05, 0.1) is 33.7 Å². The van der Waals surface area contributed by atoms with Crippen LogP contribution in [-0.2, 0) is 0 Å². The summed E-state index contributed by atoms with van der Waals surface area (Å²) in [5, 5.41) is 19.8. The van der Waals surface area contributed by atoms with Crippen molar-refractivity contribution in [1.29, 1.82) is 10.8 Å². The van der Waals surface area contributed by atoms with Gasteiger partial charge in [-0.15, -0.1) is 0 Å². The van der Waals surface area contributed by atoms with Crippen molar-refractivity contribution in [2.24, 2.45) is 11.8 Å². The number of nitrogens with two attached hydrogens (primary N) is 1. The third kappa shape index (κ3) is 5.41. The van der Waals surface area contributed by atoms with Crippen molar-refractivity contribution < 1.29 is 9.47 Å². The number of halogens is 1. The Morgan fingerprint density at radius 1 is 0.938 bits per heavy atom. The molecule has 2 aromatic rings. The number of ether oxygens (including phenoxy) is 2. The van der Waals surface area contributed by atoms with Gasteiger partial charge < -0.3 is 20.5 Å². The van der Waals surface area contributed by atoms with Gasteiger partial charge in [-0.3, -0.25) is 10.8 Å². The number of anilines is 1. The average molecular weight is 520 g/mol. The normalized spacial score (nSPS) is 13.0. The summed E-state index contributed by atoms with van der Waals surface area (Å²) in [6.07, 6.45) is 1.77. The summed E-state index contributed by atoms with van der Waals surface area (Å²) < 4.78 is 13.2. The van der Waals surface area contributed by atoms with Gasteiger partial charge in [0.2, 0.25) is 0 Å². The van der Waals surface area contributed by atoms with Crippen LogP contribution in [-0.4, -0.2) is 24.9 Å². The molecule has 1 aliphatic rings. The second-order valence-electron chi connectivity index (χ2n) is 8.63. The molecule has 0 aliphatic carbocycles. The van der Waals surface area contributed by atoms with E-state index in [0.29, 0.717) is 57.8 Å². The van der Waals surface area contributed by atoms with Gasteiger partial charge in [-0.1, -0.05) is 51.6 Å². The predicted octanol–water partition coefficient (Wildman–Crippen LogP) is 6.29. The van der Waals surface area contributed by atoms with Crippen LogP contribution in [0, 0.1) is 22.7 Å². The Balaban J connectivity index is 2.14.